The Balaban J connectivity index is 2.09. The van der Waals surface area contributed by atoms with E-state index in [1.807, 2.05) is 0 Å². The van der Waals surface area contributed by atoms with Crippen molar-refractivity contribution in [3.63, 3.8) is 0 Å². The third-order valence-electron chi connectivity index (χ3n) is 2.93. The molecule has 0 amide bonds. The van der Waals surface area contributed by atoms with E-state index in [-0.39, 0.29) is 18.2 Å². The van der Waals surface area contributed by atoms with Gasteiger partial charge in [0.15, 0.2) is 0 Å². The van der Waals surface area contributed by atoms with E-state index < -0.39 is 0 Å². The molecule has 0 bridgehead atoms. The Morgan fingerprint density at radius 1 is 0.778 bits per heavy atom. The van der Waals surface area contributed by atoms with Gasteiger partial charge in [0.2, 0.25) is 0 Å². The standard InChI is InChI=1S/C15H14F2O/c16-14-6-2-11(3-7-14)1-4-12-9-15(17)8-5-13(12)10-18/h2-3,5-9,18H,1,4,10H2. The quantitative estimate of drug-likeness (QED) is 0.880. The minimum Gasteiger partial charge on any atom is -0.392 e. The summed E-state index contributed by atoms with van der Waals surface area (Å²) in [7, 11) is 0. The third-order valence-corrected chi connectivity index (χ3v) is 2.93. The molecule has 0 aromatic heterocycles. The topological polar surface area (TPSA) is 20.2 Å². The van der Waals surface area contributed by atoms with Crippen LogP contribution in [0.25, 0.3) is 0 Å². The van der Waals surface area contributed by atoms with E-state index in [2.05, 4.69) is 0 Å². The number of rotatable bonds is 4. The highest BCUT2D eigenvalue weighted by Gasteiger charge is 2.04. The third kappa shape index (κ3) is 3.14. The normalized spacial score (nSPS) is 10.6. The van der Waals surface area contributed by atoms with Crippen molar-refractivity contribution in [2.24, 2.45) is 0 Å². The van der Waals surface area contributed by atoms with Crippen LogP contribution in [0, 0.1) is 11.6 Å². The van der Waals surface area contributed by atoms with Gasteiger partial charge in [-0.25, -0.2) is 8.78 Å². The summed E-state index contributed by atoms with van der Waals surface area (Å²) in [5.41, 5.74) is 2.52. The lowest BCUT2D eigenvalue weighted by Gasteiger charge is -2.07. The minimum absolute atomic E-state index is 0.0982. The van der Waals surface area contributed by atoms with Crippen molar-refractivity contribution in [2.45, 2.75) is 19.4 Å². The number of halogens is 2. The number of hydrogen-bond acceptors (Lipinski definition) is 1. The highest BCUT2D eigenvalue weighted by molar-refractivity contribution is 5.29. The molecule has 18 heavy (non-hydrogen) atoms. The second kappa shape index (κ2) is 5.74. The molecule has 94 valence electrons. The molecule has 3 heteroatoms. The van der Waals surface area contributed by atoms with E-state index in [0.717, 1.165) is 16.7 Å². The van der Waals surface area contributed by atoms with Gasteiger partial charge in [0.05, 0.1) is 6.61 Å². The monoisotopic (exact) mass is 248 g/mol. The number of hydrogen-bond donors (Lipinski definition) is 1. The van der Waals surface area contributed by atoms with Crippen LogP contribution in [0.5, 0.6) is 0 Å². The van der Waals surface area contributed by atoms with E-state index in [9.17, 15) is 13.9 Å². The van der Waals surface area contributed by atoms with Crippen LogP contribution in [-0.2, 0) is 19.4 Å². The maximum Gasteiger partial charge on any atom is 0.123 e. The van der Waals surface area contributed by atoms with E-state index >= 15 is 0 Å². The number of aryl methyl sites for hydroxylation is 2. The van der Waals surface area contributed by atoms with E-state index in [0.29, 0.717) is 12.8 Å². The Hall–Kier alpha value is -1.74. The van der Waals surface area contributed by atoms with Crippen LogP contribution in [0.1, 0.15) is 16.7 Å². The molecular weight excluding hydrogens is 234 g/mol. The summed E-state index contributed by atoms with van der Waals surface area (Å²) in [5, 5.41) is 9.17. The highest BCUT2D eigenvalue weighted by Crippen LogP contribution is 2.15. The van der Waals surface area contributed by atoms with Crippen molar-refractivity contribution >= 4 is 0 Å². The van der Waals surface area contributed by atoms with Crippen LogP contribution in [0.15, 0.2) is 42.5 Å². The predicted molar refractivity (Wildman–Crippen MR) is 66.1 cm³/mol. The average Bonchev–Trinajstić information content (AvgIpc) is 2.38. The molecule has 0 fully saturated rings. The first-order chi connectivity index (χ1) is 8.69. The molecule has 0 aliphatic carbocycles. The van der Waals surface area contributed by atoms with Crippen molar-refractivity contribution in [1.82, 2.24) is 0 Å². The summed E-state index contributed by atoms with van der Waals surface area (Å²) in [5.74, 6) is -0.568. The summed E-state index contributed by atoms with van der Waals surface area (Å²) in [4.78, 5) is 0. The van der Waals surface area contributed by atoms with Crippen molar-refractivity contribution < 1.29 is 13.9 Å². The largest absolute Gasteiger partial charge is 0.392 e. The highest BCUT2D eigenvalue weighted by atomic mass is 19.1. The Kier molecular flexibility index (Phi) is 4.05. The fourth-order valence-electron chi connectivity index (χ4n) is 1.91. The fourth-order valence-corrected chi connectivity index (χ4v) is 1.91. The Morgan fingerprint density at radius 3 is 2.11 bits per heavy atom. The van der Waals surface area contributed by atoms with Gasteiger partial charge in [0.1, 0.15) is 11.6 Å². The molecule has 0 unspecified atom stereocenters. The van der Waals surface area contributed by atoms with E-state index in [1.165, 1.54) is 24.3 Å². The summed E-state index contributed by atoms with van der Waals surface area (Å²) in [6, 6.07) is 10.6. The van der Waals surface area contributed by atoms with Crippen LogP contribution in [0.2, 0.25) is 0 Å². The molecule has 0 saturated heterocycles. The molecule has 0 saturated carbocycles. The second-order valence-corrected chi connectivity index (χ2v) is 4.20. The molecule has 0 aliphatic rings. The van der Waals surface area contributed by atoms with Gasteiger partial charge in [-0.2, -0.15) is 0 Å². The summed E-state index contributed by atoms with van der Waals surface area (Å²) in [6.07, 6.45) is 1.32. The molecule has 1 N–H and O–H groups in total. The van der Waals surface area contributed by atoms with E-state index in [1.54, 1.807) is 18.2 Å². The van der Waals surface area contributed by atoms with Gasteiger partial charge < -0.3 is 5.11 Å². The summed E-state index contributed by atoms with van der Waals surface area (Å²) >= 11 is 0. The van der Waals surface area contributed by atoms with Gasteiger partial charge in [0, 0.05) is 0 Å². The van der Waals surface area contributed by atoms with Crippen LogP contribution in [0.3, 0.4) is 0 Å². The second-order valence-electron chi connectivity index (χ2n) is 4.20. The van der Waals surface area contributed by atoms with Crippen molar-refractivity contribution in [3.05, 3.63) is 70.8 Å². The predicted octanol–water partition coefficient (Wildman–Crippen LogP) is 3.24. The summed E-state index contributed by atoms with van der Waals surface area (Å²) < 4.78 is 25.9. The first-order valence-corrected chi connectivity index (χ1v) is 5.81. The van der Waals surface area contributed by atoms with Gasteiger partial charge in [-0.3, -0.25) is 0 Å². The first kappa shape index (κ1) is 12.7. The van der Waals surface area contributed by atoms with Crippen molar-refractivity contribution in [2.75, 3.05) is 0 Å². The Morgan fingerprint density at radius 2 is 1.44 bits per heavy atom. The van der Waals surface area contributed by atoms with Gasteiger partial charge in [-0.05, 0) is 53.8 Å². The van der Waals surface area contributed by atoms with Crippen molar-refractivity contribution in [1.29, 1.82) is 0 Å². The molecular formula is C15H14F2O. The zero-order valence-corrected chi connectivity index (χ0v) is 9.87. The zero-order chi connectivity index (χ0) is 13.0. The van der Waals surface area contributed by atoms with Crippen LogP contribution in [-0.4, -0.2) is 5.11 Å². The number of aliphatic hydroxyl groups is 1. The lowest BCUT2D eigenvalue weighted by molar-refractivity contribution is 0.280. The van der Waals surface area contributed by atoms with Crippen molar-refractivity contribution in [3.8, 4) is 0 Å². The molecule has 0 aliphatic heterocycles. The van der Waals surface area contributed by atoms with Gasteiger partial charge in [0.25, 0.3) is 0 Å². The maximum atomic E-state index is 13.1. The van der Waals surface area contributed by atoms with Gasteiger partial charge >= 0.3 is 0 Å². The lowest BCUT2D eigenvalue weighted by Crippen LogP contribution is -1.98. The average molecular weight is 248 g/mol. The number of benzene rings is 2. The SMILES string of the molecule is OCc1ccc(F)cc1CCc1ccc(F)cc1. The summed E-state index contributed by atoms with van der Waals surface area (Å²) in [6.45, 7) is -0.0982. The number of aliphatic hydroxyl groups excluding tert-OH is 1. The van der Waals surface area contributed by atoms with Crippen LogP contribution in [0.4, 0.5) is 8.78 Å². The zero-order valence-electron chi connectivity index (χ0n) is 9.87. The van der Waals surface area contributed by atoms with Gasteiger partial charge in [-0.15, -0.1) is 0 Å². The molecule has 1 nitrogen and oxygen atoms in total. The molecule has 0 spiro atoms. The van der Waals surface area contributed by atoms with Gasteiger partial charge in [-0.1, -0.05) is 18.2 Å². The Bertz CT molecular complexity index is 521. The minimum atomic E-state index is -0.304. The first-order valence-electron chi connectivity index (χ1n) is 5.81. The Labute approximate surface area is 105 Å². The molecule has 2 aromatic carbocycles. The molecule has 0 radical (unpaired) electrons. The molecule has 0 heterocycles. The fraction of sp³-hybridized carbons (Fsp3) is 0.200. The smallest absolute Gasteiger partial charge is 0.123 e. The van der Waals surface area contributed by atoms with E-state index in [4.69, 9.17) is 0 Å². The maximum absolute atomic E-state index is 13.1. The molecule has 2 aromatic rings. The molecule has 2 rings (SSSR count). The van der Waals surface area contributed by atoms with Crippen LogP contribution < -0.4 is 0 Å². The van der Waals surface area contributed by atoms with Crippen LogP contribution >= 0.6 is 0 Å². The lowest BCUT2D eigenvalue weighted by atomic mass is 10.00. The molecule has 0 atom stereocenters.